The second-order valence-electron chi connectivity index (χ2n) is 3.57. The number of hydrogen-bond acceptors (Lipinski definition) is 3. The zero-order chi connectivity index (χ0) is 10.5. The standard InChI is InChI=1S/C12H14N2O/c1-10(8-12-5-3-7-15-12)14-11-4-2-6-13-9-11/h2-7,9-10,14H,8H2,1H3. The van der Waals surface area contributed by atoms with Crippen molar-refractivity contribution in [2.75, 3.05) is 5.32 Å². The molecule has 3 nitrogen and oxygen atoms in total. The van der Waals surface area contributed by atoms with Gasteiger partial charge in [0, 0.05) is 24.9 Å². The molecule has 0 radical (unpaired) electrons. The van der Waals surface area contributed by atoms with E-state index < -0.39 is 0 Å². The van der Waals surface area contributed by atoms with Gasteiger partial charge in [-0.3, -0.25) is 4.98 Å². The average molecular weight is 202 g/mol. The Morgan fingerprint density at radius 2 is 2.33 bits per heavy atom. The Balaban J connectivity index is 1.90. The number of nitrogens with zero attached hydrogens (tertiary/aromatic N) is 1. The van der Waals surface area contributed by atoms with Crippen LogP contribution in [0.3, 0.4) is 0 Å². The highest BCUT2D eigenvalue weighted by Crippen LogP contribution is 2.09. The Hall–Kier alpha value is -1.77. The van der Waals surface area contributed by atoms with Gasteiger partial charge in [-0.2, -0.15) is 0 Å². The van der Waals surface area contributed by atoms with Gasteiger partial charge in [-0.15, -0.1) is 0 Å². The smallest absolute Gasteiger partial charge is 0.105 e. The highest BCUT2D eigenvalue weighted by atomic mass is 16.3. The maximum Gasteiger partial charge on any atom is 0.105 e. The van der Waals surface area contributed by atoms with Crippen LogP contribution in [0.1, 0.15) is 12.7 Å². The number of anilines is 1. The fourth-order valence-electron chi connectivity index (χ4n) is 1.51. The number of aromatic nitrogens is 1. The molecular formula is C12H14N2O. The molecule has 2 heterocycles. The van der Waals surface area contributed by atoms with Gasteiger partial charge in [0.2, 0.25) is 0 Å². The molecule has 0 bridgehead atoms. The summed E-state index contributed by atoms with van der Waals surface area (Å²) in [5, 5.41) is 3.36. The minimum Gasteiger partial charge on any atom is -0.469 e. The highest BCUT2D eigenvalue weighted by molar-refractivity contribution is 5.40. The van der Waals surface area contributed by atoms with E-state index in [-0.39, 0.29) is 0 Å². The van der Waals surface area contributed by atoms with Gasteiger partial charge in [0.1, 0.15) is 5.76 Å². The molecule has 0 fully saturated rings. The molecule has 2 rings (SSSR count). The van der Waals surface area contributed by atoms with Crippen molar-refractivity contribution in [1.29, 1.82) is 0 Å². The van der Waals surface area contributed by atoms with E-state index >= 15 is 0 Å². The van der Waals surface area contributed by atoms with Gasteiger partial charge in [-0.05, 0) is 31.2 Å². The van der Waals surface area contributed by atoms with E-state index in [9.17, 15) is 0 Å². The molecule has 0 saturated heterocycles. The largest absolute Gasteiger partial charge is 0.469 e. The fourth-order valence-corrected chi connectivity index (χ4v) is 1.51. The number of furan rings is 1. The van der Waals surface area contributed by atoms with Crippen LogP contribution in [0, 0.1) is 0 Å². The number of nitrogens with one attached hydrogen (secondary N) is 1. The lowest BCUT2D eigenvalue weighted by Crippen LogP contribution is -2.17. The fraction of sp³-hybridized carbons (Fsp3) is 0.250. The van der Waals surface area contributed by atoms with E-state index in [4.69, 9.17) is 4.42 Å². The van der Waals surface area contributed by atoms with Crippen LogP contribution in [0.25, 0.3) is 0 Å². The maximum atomic E-state index is 5.29. The predicted octanol–water partition coefficient (Wildman–Crippen LogP) is 2.72. The van der Waals surface area contributed by atoms with E-state index in [1.54, 1.807) is 12.5 Å². The van der Waals surface area contributed by atoms with Crippen molar-refractivity contribution in [3.8, 4) is 0 Å². The van der Waals surface area contributed by atoms with Gasteiger partial charge >= 0.3 is 0 Å². The second-order valence-corrected chi connectivity index (χ2v) is 3.57. The summed E-state index contributed by atoms with van der Waals surface area (Å²) in [6.07, 6.45) is 6.16. The SMILES string of the molecule is CC(Cc1ccco1)Nc1cccnc1. The Morgan fingerprint density at radius 1 is 1.40 bits per heavy atom. The molecule has 0 aliphatic carbocycles. The first-order valence-electron chi connectivity index (χ1n) is 5.03. The molecule has 0 spiro atoms. The maximum absolute atomic E-state index is 5.29. The topological polar surface area (TPSA) is 38.1 Å². The Labute approximate surface area is 89.1 Å². The Morgan fingerprint density at radius 3 is 3.00 bits per heavy atom. The van der Waals surface area contributed by atoms with Crippen molar-refractivity contribution in [3.05, 3.63) is 48.7 Å². The third-order valence-corrected chi connectivity index (χ3v) is 2.16. The molecule has 1 atom stereocenters. The minimum absolute atomic E-state index is 0.334. The number of hydrogen-bond donors (Lipinski definition) is 1. The molecule has 78 valence electrons. The van der Waals surface area contributed by atoms with E-state index in [1.165, 1.54) is 0 Å². The van der Waals surface area contributed by atoms with Crippen LogP contribution in [-0.2, 0) is 6.42 Å². The first-order valence-corrected chi connectivity index (χ1v) is 5.03. The normalized spacial score (nSPS) is 12.3. The number of pyridine rings is 1. The summed E-state index contributed by atoms with van der Waals surface area (Å²) in [5.41, 5.74) is 1.04. The molecule has 0 aliphatic heterocycles. The molecule has 2 aromatic heterocycles. The monoisotopic (exact) mass is 202 g/mol. The summed E-state index contributed by atoms with van der Waals surface area (Å²) in [7, 11) is 0. The Bertz CT molecular complexity index is 383. The average Bonchev–Trinajstić information content (AvgIpc) is 2.71. The third-order valence-electron chi connectivity index (χ3n) is 2.16. The molecule has 1 N–H and O–H groups in total. The quantitative estimate of drug-likeness (QED) is 0.828. The molecule has 0 saturated carbocycles. The lowest BCUT2D eigenvalue weighted by Gasteiger charge is -2.13. The van der Waals surface area contributed by atoms with Crippen LogP contribution in [0.2, 0.25) is 0 Å². The zero-order valence-electron chi connectivity index (χ0n) is 8.68. The van der Waals surface area contributed by atoms with E-state index in [1.807, 2.05) is 30.5 Å². The molecular weight excluding hydrogens is 188 g/mol. The summed E-state index contributed by atoms with van der Waals surface area (Å²) in [5.74, 6) is 0.999. The lowest BCUT2D eigenvalue weighted by molar-refractivity contribution is 0.498. The van der Waals surface area contributed by atoms with Crippen molar-refractivity contribution >= 4 is 5.69 Å². The van der Waals surface area contributed by atoms with Crippen LogP contribution in [0.5, 0.6) is 0 Å². The van der Waals surface area contributed by atoms with E-state index in [0.29, 0.717) is 6.04 Å². The summed E-state index contributed by atoms with van der Waals surface area (Å²) in [6.45, 7) is 2.12. The highest BCUT2D eigenvalue weighted by Gasteiger charge is 2.04. The first kappa shape index (κ1) is 9.77. The van der Waals surface area contributed by atoms with Crippen LogP contribution < -0.4 is 5.32 Å². The van der Waals surface area contributed by atoms with Crippen molar-refractivity contribution in [1.82, 2.24) is 4.98 Å². The van der Waals surface area contributed by atoms with Crippen molar-refractivity contribution in [2.45, 2.75) is 19.4 Å². The lowest BCUT2D eigenvalue weighted by atomic mass is 10.2. The summed E-state index contributed by atoms with van der Waals surface area (Å²) < 4.78 is 5.29. The molecule has 0 amide bonds. The van der Waals surface area contributed by atoms with Crippen molar-refractivity contribution in [3.63, 3.8) is 0 Å². The van der Waals surface area contributed by atoms with E-state index in [0.717, 1.165) is 17.9 Å². The first-order chi connectivity index (χ1) is 7.34. The van der Waals surface area contributed by atoms with Crippen LogP contribution in [0.15, 0.2) is 47.3 Å². The van der Waals surface area contributed by atoms with Gasteiger partial charge in [0.15, 0.2) is 0 Å². The van der Waals surface area contributed by atoms with Crippen LogP contribution >= 0.6 is 0 Å². The summed E-state index contributed by atoms with van der Waals surface area (Å²) >= 11 is 0. The molecule has 1 unspecified atom stereocenters. The van der Waals surface area contributed by atoms with Gasteiger partial charge in [0.25, 0.3) is 0 Å². The van der Waals surface area contributed by atoms with Gasteiger partial charge < -0.3 is 9.73 Å². The van der Waals surface area contributed by atoms with Crippen molar-refractivity contribution < 1.29 is 4.42 Å². The molecule has 0 aliphatic rings. The summed E-state index contributed by atoms with van der Waals surface area (Å²) in [6, 6.07) is 8.15. The molecule has 15 heavy (non-hydrogen) atoms. The molecule has 2 aromatic rings. The van der Waals surface area contributed by atoms with Gasteiger partial charge in [-0.25, -0.2) is 0 Å². The second kappa shape index (κ2) is 4.64. The molecule has 0 aromatic carbocycles. The van der Waals surface area contributed by atoms with Gasteiger partial charge in [0.05, 0.1) is 12.0 Å². The van der Waals surface area contributed by atoms with Crippen LogP contribution in [-0.4, -0.2) is 11.0 Å². The van der Waals surface area contributed by atoms with Crippen LogP contribution in [0.4, 0.5) is 5.69 Å². The Kier molecular flexibility index (Phi) is 3.02. The van der Waals surface area contributed by atoms with Crippen molar-refractivity contribution in [2.24, 2.45) is 0 Å². The molecule has 3 heteroatoms. The minimum atomic E-state index is 0.334. The number of rotatable bonds is 4. The summed E-state index contributed by atoms with van der Waals surface area (Å²) in [4.78, 5) is 4.05. The van der Waals surface area contributed by atoms with Gasteiger partial charge in [-0.1, -0.05) is 0 Å². The van der Waals surface area contributed by atoms with E-state index in [2.05, 4.69) is 17.2 Å². The third kappa shape index (κ3) is 2.84. The zero-order valence-corrected chi connectivity index (χ0v) is 8.68. The predicted molar refractivity (Wildman–Crippen MR) is 59.7 cm³/mol.